The van der Waals surface area contributed by atoms with E-state index in [1.807, 2.05) is 6.07 Å². The first-order chi connectivity index (χ1) is 13.5. The van der Waals surface area contributed by atoms with E-state index in [1.54, 1.807) is 56.3 Å². The molecule has 0 atom stereocenters. The summed E-state index contributed by atoms with van der Waals surface area (Å²) in [5.41, 5.74) is 2.11. The number of anilines is 1. The number of aromatic nitrogens is 1. The molecule has 2 heterocycles. The van der Waals surface area contributed by atoms with E-state index in [4.69, 9.17) is 8.94 Å². The van der Waals surface area contributed by atoms with Crippen LogP contribution >= 0.6 is 15.9 Å². The zero-order valence-corrected chi connectivity index (χ0v) is 16.7. The number of ketones is 1. The number of benzene rings is 2. The van der Waals surface area contributed by atoms with Crippen LogP contribution in [0.4, 0.5) is 5.69 Å². The number of nitrogens with one attached hydrogen (secondary N) is 1. The Labute approximate surface area is 168 Å². The van der Waals surface area contributed by atoms with Crippen molar-refractivity contribution in [1.82, 2.24) is 5.16 Å². The minimum absolute atomic E-state index is 0.0728. The summed E-state index contributed by atoms with van der Waals surface area (Å²) in [6, 6.07) is 14.1. The highest BCUT2D eigenvalue weighted by Gasteiger charge is 2.25. The lowest BCUT2D eigenvalue weighted by atomic mass is 10.1. The maximum absolute atomic E-state index is 13.1. The van der Waals surface area contributed by atoms with Crippen LogP contribution in [0.15, 0.2) is 61.9 Å². The van der Waals surface area contributed by atoms with Crippen LogP contribution in [0.2, 0.25) is 0 Å². The van der Waals surface area contributed by atoms with Crippen molar-refractivity contribution in [1.29, 1.82) is 0 Å². The lowest BCUT2D eigenvalue weighted by Crippen LogP contribution is -2.15. The van der Waals surface area contributed by atoms with Gasteiger partial charge in [0.25, 0.3) is 5.91 Å². The molecule has 0 saturated heterocycles. The molecule has 0 fully saturated rings. The third-order valence-corrected chi connectivity index (χ3v) is 4.94. The quantitative estimate of drug-likeness (QED) is 0.437. The molecule has 1 N–H and O–H groups in total. The zero-order valence-electron chi connectivity index (χ0n) is 15.1. The van der Waals surface area contributed by atoms with Gasteiger partial charge >= 0.3 is 0 Å². The minimum Gasteiger partial charge on any atom is -0.450 e. The van der Waals surface area contributed by atoms with Gasteiger partial charge in [-0.15, -0.1) is 0 Å². The van der Waals surface area contributed by atoms with E-state index in [0.717, 1.165) is 4.47 Å². The predicted octanol–water partition coefficient (Wildman–Crippen LogP) is 5.28. The van der Waals surface area contributed by atoms with Gasteiger partial charge in [0.05, 0.1) is 11.4 Å². The third-order valence-electron chi connectivity index (χ3n) is 4.41. The van der Waals surface area contributed by atoms with Gasteiger partial charge in [-0.2, -0.15) is 0 Å². The number of amides is 1. The second kappa shape index (κ2) is 7.09. The molecule has 2 aromatic heterocycles. The summed E-state index contributed by atoms with van der Waals surface area (Å²) in [7, 11) is 0. The van der Waals surface area contributed by atoms with Crippen molar-refractivity contribution >= 4 is 44.3 Å². The monoisotopic (exact) mass is 438 g/mol. The third kappa shape index (κ3) is 3.14. The van der Waals surface area contributed by atoms with Crippen LogP contribution in [0.3, 0.4) is 0 Å². The number of carbonyl (C=O) groups is 2. The molecule has 1 amide bonds. The van der Waals surface area contributed by atoms with Gasteiger partial charge in [-0.3, -0.25) is 9.59 Å². The largest absolute Gasteiger partial charge is 0.450 e. The van der Waals surface area contributed by atoms with Crippen LogP contribution in [0.1, 0.15) is 37.9 Å². The standard InChI is InChI=1S/C21H15BrN2O4/c1-11-17(12(2)28-24-11)21(26)23-18-15-5-3-4-6-16(15)27-20(18)19(25)13-7-9-14(22)10-8-13/h3-10H,1-2H3,(H,23,26). The Kier molecular flexibility index (Phi) is 4.60. The van der Waals surface area contributed by atoms with E-state index in [-0.39, 0.29) is 11.5 Å². The number of para-hydroxylation sites is 1. The number of furan rings is 1. The fraction of sp³-hybridized carbons (Fsp3) is 0.0952. The molecule has 0 unspecified atom stereocenters. The number of halogens is 1. The van der Waals surface area contributed by atoms with Crippen LogP contribution in [-0.2, 0) is 0 Å². The predicted molar refractivity (Wildman–Crippen MR) is 108 cm³/mol. The molecule has 140 valence electrons. The maximum atomic E-state index is 13.1. The second-order valence-electron chi connectivity index (χ2n) is 6.29. The number of nitrogens with zero attached hydrogens (tertiary/aromatic N) is 1. The molecule has 0 aliphatic carbocycles. The maximum Gasteiger partial charge on any atom is 0.261 e. The number of hydrogen-bond acceptors (Lipinski definition) is 5. The van der Waals surface area contributed by atoms with Gasteiger partial charge in [0, 0.05) is 15.4 Å². The van der Waals surface area contributed by atoms with Crippen molar-refractivity contribution in [3.8, 4) is 0 Å². The highest BCUT2D eigenvalue weighted by molar-refractivity contribution is 9.10. The summed E-state index contributed by atoms with van der Waals surface area (Å²) in [6.07, 6.45) is 0. The smallest absolute Gasteiger partial charge is 0.261 e. The lowest BCUT2D eigenvalue weighted by Gasteiger charge is -2.06. The number of carbonyl (C=O) groups excluding carboxylic acids is 2. The molecule has 2 aromatic carbocycles. The number of rotatable bonds is 4. The first-order valence-electron chi connectivity index (χ1n) is 8.51. The van der Waals surface area contributed by atoms with E-state index < -0.39 is 5.91 Å². The Hall–Kier alpha value is -3.19. The Morgan fingerprint density at radius 1 is 1.04 bits per heavy atom. The van der Waals surface area contributed by atoms with Crippen molar-refractivity contribution in [3.63, 3.8) is 0 Å². The topological polar surface area (TPSA) is 85.3 Å². The number of fused-ring (bicyclic) bond motifs is 1. The Bertz CT molecular complexity index is 1190. The van der Waals surface area contributed by atoms with E-state index in [9.17, 15) is 9.59 Å². The van der Waals surface area contributed by atoms with Crippen LogP contribution in [-0.4, -0.2) is 16.8 Å². The Balaban J connectivity index is 1.80. The molecular formula is C21H15BrN2O4. The number of aryl methyl sites for hydroxylation is 2. The van der Waals surface area contributed by atoms with E-state index >= 15 is 0 Å². The fourth-order valence-corrected chi connectivity index (χ4v) is 3.31. The highest BCUT2D eigenvalue weighted by atomic mass is 79.9. The second-order valence-corrected chi connectivity index (χ2v) is 7.21. The van der Waals surface area contributed by atoms with Crippen molar-refractivity contribution < 1.29 is 18.5 Å². The zero-order chi connectivity index (χ0) is 19.8. The van der Waals surface area contributed by atoms with Gasteiger partial charge in [-0.1, -0.05) is 33.2 Å². The molecule has 4 rings (SSSR count). The molecular weight excluding hydrogens is 424 g/mol. The Morgan fingerprint density at radius 3 is 2.43 bits per heavy atom. The molecule has 7 heteroatoms. The Morgan fingerprint density at radius 2 is 1.75 bits per heavy atom. The van der Waals surface area contributed by atoms with Crippen LogP contribution in [0, 0.1) is 13.8 Å². The van der Waals surface area contributed by atoms with Gasteiger partial charge in [-0.25, -0.2) is 0 Å². The van der Waals surface area contributed by atoms with Gasteiger partial charge in [0.2, 0.25) is 5.78 Å². The van der Waals surface area contributed by atoms with Gasteiger partial charge < -0.3 is 14.3 Å². The molecule has 0 aliphatic heterocycles. The summed E-state index contributed by atoms with van der Waals surface area (Å²) in [6.45, 7) is 3.35. The first kappa shape index (κ1) is 18.2. The van der Waals surface area contributed by atoms with Crippen molar-refractivity contribution in [2.75, 3.05) is 5.32 Å². The van der Waals surface area contributed by atoms with Gasteiger partial charge in [0.15, 0.2) is 5.76 Å². The summed E-state index contributed by atoms with van der Waals surface area (Å²) in [5, 5.41) is 7.27. The average Bonchev–Trinajstić information content (AvgIpc) is 3.22. The fourth-order valence-electron chi connectivity index (χ4n) is 3.05. The summed E-state index contributed by atoms with van der Waals surface area (Å²) in [5.74, 6) is -0.252. The summed E-state index contributed by atoms with van der Waals surface area (Å²) >= 11 is 3.36. The molecule has 0 bridgehead atoms. The van der Waals surface area contributed by atoms with Crippen molar-refractivity contribution in [2.24, 2.45) is 0 Å². The van der Waals surface area contributed by atoms with E-state index in [0.29, 0.717) is 39.2 Å². The molecule has 0 aliphatic rings. The lowest BCUT2D eigenvalue weighted by molar-refractivity contribution is 0.101. The summed E-state index contributed by atoms with van der Waals surface area (Å²) < 4.78 is 11.7. The highest BCUT2D eigenvalue weighted by Crippen LogP contribution is 2.33. The average molecular weight is 439 g/mol. The van der Waals surface area contributed by atoms with Crippen LogP contribution in [0.25, 0.3) is 11.0 Å². The van der Waals surface area contributed by atoms with E-state index in [1.165, 1.54) is 0 Å². The SMILES string of the molecule is Cc1noc(C)c1C(=O)Nc1c(C(=O)c2ccc(Br)cc2)oc2ccccc12. The number of hydrogen-bond donors (Lipinski definition) is 1. The minimum atomic E-state index is -0.410. The molecule has 0 radical (unpaired) electrons. The van der Waals surface area contributed by atoms with Crippen molar-refractivity contribution in [3.05, 3.63) is 81.3 Å². The first-order valence-corrected chi connectivity index (χ1v) is 9.31. The molecule has 4 aromatic rings. The van der Waals surface area contributed by atoms with Crippen LogP contribution < -0.4 is 5.32 Å². The van der Waals surface area contributed by atoms with Crippen LogP contribution in [0.5, 0.6) is 0 Å². The molecule has 0 saturated carbocycles. The summed E-state index contributed by atoms with van der Waals surface area (Å²) in [4.78, 5) is 25.9. The van der Waals surface area contributed by atoms with Gasteiger partial charge in [0.1, 0.15) is 16.9 Å². The molecule has 0 spiro atoms. The van der Waals surface area contributed by atoms with E-state index in [2.05, 4.69) is 26.4 Å². The van der Waals surface area contributed by atoms with Crippen molar-refractivity contribution in [2.45, 2.75) is 13.8 Å². The molecule has 28 heavy (non-hydrogen) atoms. The molecule has 6 nitrogen and oxygen atoms in total. The normalized spacial score (nSPS) is 11.0. The van der Waals surface area contributed by atoms with Gasteiger partial charge in [-0.05, 0) is 50.2 Å².